The van der Waals surface area contributed by atoms with Crippen molar-refractivity contribution in [2.45, 2.75) is 32.4 Å². The van der Waals surface area contributed by atoms with Crippen LogP contribution in [0.15, 0.2) is 66.9 Å². The number of benzene rings is 3. The second kappa shape index (κ2) is 12.6. The minimum atomic E-state index is -0.516. The Labute approximate surface area is 251 Å². The van der Waals surface area contributed by atoms with Crippen molar-refractivity contribution >= 4 is 27.7 Å². The highest BCUT2D eigenvalue weighted by molar-refractivity contribution is 6.07. The van der Waals surface area contributed by atoms with Crippen LogP contribution in [-0.4, -0.2) is 61.7 Å². The Bertz CT molecular complexity index is 1750. The molecule has 224 valence electrons. The molecule has 2 aromatic heterocycles. The monoisotopic (exact) mass is 583 g/mol. The van der Waals surface area contributed by atoms with Gasteiger partial charge in [0.05, 0.1) is 57.9 Å². The molecule has 43 heavy (non-hydrogen) atoms. The first-order valence-corrected chi connectivity index (χ1v) is 14.1. The fourth-order valence-corrected chi connectivity index (χ4v) is 5.45. The highest BCUT2D eigenvalue weighted by Gasteiger charge is 2.22. The number of methoxy groups -OCH3 is 4. The number of rotatable bonds is 11. The maximum Gasteiger partial charge on any atom is 0.252 e. The number of hydrogen-bond acceptors (Lipinski definition) is 7. The molecule has 9 nitrogen and oxygen atoms in total. The van der Waals surface area contributed by atoms with E-state index in [1.807, 2.05) is 18.2 Å². The van der Waals surface area contributed by atoms with Crippen LogP contribution in [0.25, 0.3) is 33.1 Å². The van der Waals surface area contributed by atoms with Crippen LogP contribution in [0.4, 0.5) is 0 Å². The molecule has 0 radical (unpaired) electrons. The zero-order chi connectivity index (χ0) is 30.7. The van der Waals surface area contributed by atoms with E-state index in [4.69, 9.17) is 23.9 Å². The molecule has 5 aromatic rings. The first kappa shape index (κ1) is 29.7. The molecule has 0 aliphatic carbocycles. The minimum Gasteiger partial charge on any atom is -0.497 e. The fourth-order valence-electron chi connectivity index (χ4n) is 5.45. The van der Waals surface area contributed by atoms with Crippen LogP contribution in [0.2, 0.25) is 0 Å². The molecule has 9 heteroatoms. The Morgan fingerprint density at radius 1 is 0.907 bits per heavy atom. The van der Waals surface area contributed by atoms with Crippen LogP contribution < -0.4 is 24.3 Å². The Morgan fingerprint density at radius 3 is 2.26 bits per heavy atom. The predicted molar refractivity (Wildman–Crippen MR) is 168 cm³/mol. The molecule has 0 saturated carbocycles. The summed E-state index contributed by atoms with van der Waals surface area (Å²) in [7, 11) is 6.22. The Morgan fingerprint density at radius 2 is 1.63 bits per heavy atom. The number of nitrogens with zero attached hydrogens (tertiary/aromatic N) is 2. The lowest BCUT2D eigenvalue weighted by Crippen LogP contribution is -2.39. The molecule has 1 unspecified atom stereocenters. The van der Waals surface area contributed by atoms with E-state index in [9.17, 15) is 9.90 Å². The Balaban J connectivity index is 1.55. The fraction of sp³-hybridized carbons (Fsp3) is 0.294. The third kappa shape index (κ3) is 5.81. The van der Waals surface area contributed by atoms with Gasteiger partial charge in [0, 0.05) is 34.1 Å². The second-order valence-corrected chi connectivity index (χ2v) is 10.6. The average Bonchev–Trinajstić information content (AvgIpc) is 3.41. The van der Waals surface area contributed by atoms with Gasteiger partial charge in [0.1, 0.15) is 5.75 Å². The molecule has 0 aliphatic heterocycles. The number of aliphatic hydroxyl groups excluding tert-OH is 1. The maximum atomic E-state index is 14.0. The van der Waals surface area contributed by atoms with Gasteiger partial charge >= 0.3 is 0 Å². The third-order valence-electron chi connectivity index (χ3n) is 7.62. The highest BCUT2D eigenvalue weighted by Crippen LogP contribution is 2.41. The van der Waals surface area contributed by atoms with Crippen LogP contribution in [0, 0.1) is 0 Å². The van der Waals surface area contributed by atoms with E-state index in [1.54, 1.807) is 58.8 Å². The van der Waals surface area contributed by atoms with Gasteiger partial charge in [0.2, 0.25) is 5.75 Å². The number of carbonyl (C=O) groups excluding carboxylic acids is 1. The van der Waals surface area contributed by atoms with Crippen LogP contribution in [0.3, 0.4) is 0 Å². The lowest BCUT2D eigenvalue weighted by Gasteiger charge is -2.18. The maximum absolute atomic E-state index is 14.0. The van der Waals surface area contributed by atoms with Crippen molar-refractivity contribution in [2.24, 2.45) is 0 Å². The van der Waals surface area contributed by atoms with E-state index in [0.29, 0.717) is 57.1 Å². The third-order valence-corrected chi connectivity index (χ3v) is 7.62. The number of aromatic nitrogens is 2. The molecule has 1 atom stereocenters. The molecule has 2 heterocycles. The van der Waals surface area contributed by atoms with Crippen molar-refractivity contribution in [3.8, 4) is 34.3 Å². The van der Waals surface area contributed by atoms with Gasteiger partial charge in [-0.25, -0.2) is 4.98 Å². The smallest absolute Gasteiger partial charge is 0.252 e. The summed E-state index contributed by atoms with van der Waals surface area (Å²) in [4.78, 5) is 18.8. The summed E-state index contributed by atoms with van der Waals surface area (Å²) < 4.78 is 24.2. The number of carbonyl (C=O) groups is 1. The molecule has 3 aromatic carbocycles. The van der Waals surface area contributed by atoms with Gasteiger partial charge in [-0.1, -0.05) is 18.2 Å². The molecular formula is C34H37N3O6. The number of pyridine rings is 1. The van der Waals surface area contributed by atoms with E-state index >= 15 is 0 Å². The van der Waals surface area contributed by atoms with Crippen molar-refractivity contribution in [3.05, 3.63) is 78.0 Å². The van der Waals surface area contributed by atoms with Crippen molar-refractivity contribution in [2.75, 3.05) is 35.0 Å². The highest BCUT2D eigenvalue weighted by atomic mass is 16.5. The zero-order valence-electron chi connectivity index (χ0n) is 25.3. The van der Waals surface area contributed by atoms with Crippen LogP contribution in [0.1, 0.15) is 35.8 Å². The first-order chi connectivity index (χ1) is 20.8. The number of fused-ring (bicyclic) bond motifs is 2. The van der Waals surface area contributed by atoms with Crippen LogP contribution in [-0.2, 0) is 6.42 Å². The number of hydrogen-bond donors (Lipinski definition) is 2. The lowest BCUT2D eigenvalue weighted by atomic mass is 10.0. The standard InChI is InChI=1S/C34H37N3O6/c1-20(2)37-18-22(25-9-7-8-10-30(25)37)13-23(19-38)35-34(39)27-17-29(36-28-12-11-24(40-3)16-26(27)28)21-14-31(41-4)33(43-6)32(15-21)42-5/h7-12,14-18,20,23,38H,13,19H2,1-6H3,(H,35,39). The summed E-state index contributed by atoms with van der Waals surface area (Å²) in [5.41, 5.74) is 4.42. The van der Waals surface area contributed by atoms with Gasteiger partial charge in [-0.05, 0) is 68.3 Å². The van der Waals surface area contributed by atoms with Crippen LogP contribution >= 0.6 is 0 Å². The van der Waals surface area contributed by atoms with Crippen molar-refractivity contribution < 1.29 is 28.8 Å². The SMILES string of the molecule is COc1ccc2nc(-c3cc(OC)c(OC)c(OC)c3)cc(C(=O)NC(CO)Cc3cn(C(C)C)c4ccccc34)c2c1. The topological polar surface area (TPSA) is 104 Å². The van der Waals surface area contributed by atoms with Crippen LogP contribution in [0.5, 0.6) is 23.0 Å². The molecule has 0 fully saturated rings. The summed E-state index contributed by atoms with van der Waals surface area (Å²) in [6, 6.07) is 18.7. The van der Waals surface area contributed by atoms with E-state index < -0.39 is 6.04 Å². The number of aliphatic hydroxyl groups is 1. The number of amides is 1. The quantitative estimate of drug-likeness (QED) is 0.202. The molecule has 1 amide bonds. The second-order valence-electron chi connectivity index (χ2n) is 10.6. The molecule has 0 aliphatic rings. The van der Waals surface area contributed by atoms with E-state index in [0.717, 1.165) is 16.5 Å². The lowest BCUT2D eigenvalue weighted by molar-refractivity contribution is 0.0918. The van der Waals surface area contributed by atoms with E-state index in [2.05, 4.69) is 42.1 Å². The molecule has 0 saturated heterocycles. The van der Waals surface area contributed by atoms with E-state index in [1.165, 1.54) is 0 Å². The molecule has 2 N–H and O–H groups in total. The van der Waals surface area contributed by atoms with Crippen molar-refractivity contribution in [1.82, 2.24) is 14.9 Å². The summed E-state index contributed by atoms with van der Waals surface area (Å²) in [6.45, 7) is 4.05. The van der Waals surface area contributed by atoms with Gasteiger partial charge in [-0.2, -0.15) is 0 Å². The predicted octanol–water partition coefficient (Wildman–Crippen LogP) is 5.81. The largest absolute Gasteiger partial charge is 0.497 e. The number of para-hydroxylation sites is 1. The zero-order valence-corrected chi connectivity index (χ0v) is 25.3. The molecular weight excluding hydrogens is 546 g/mol. The van der Waals surface area contributed by atoms with Gasteiger partial charge in [0.25, 0.3) is 5.91 Å². The summed E-state index contributed by atoms with van der Waals surface area (Å²) >= 11 is 0. The van der Waals surface area contributed by atoms with Gasteiger partial charge in [-0.3, -0.25) is 4.79 Å². The molecule has 0 bridgehead atoms. The van der Waals surface area contributed by atoms with Crippen molar-refractivity contribution in [3.63, 3.8) is 0 Å². The normalized spacial score (nSPS) is 12.0. The molecule has 0 spiro atoms. The Kier molecular flexibility index (Phi) is 8.73. The summed E-state index contributed by atoms with van der Waals surface area (Å²) in [5.74, 6) is 1.67. The average molecular weight is 584 g/mol. The summed E-state index contributed by atoms with van der Waals surface area (Å²) in [6.07, 6.45) is 2.58. The first-order valence-electron chi connectivity index (χ1n) is 14.1. The molecule has 5 rings (SSSR count). The Hall–Kier alpha value is -4.76. The number of ether oxygens (including phenoxy) is 4. The summed E-state index contributed by atoms with van der Waals surface area (Å²) in [5, 5.41) is 15.2. The van der Waals surface area contributed by atoms with E-state index in [-0.39, 0.29) is 18.6 Å². The number of nitrogens with one attached hydrogen (secondary N) is 1. The van der Waals surface area contributed by atoms with Crippen molar-refractivity contribution in [1.29, 1.82) is 0 Å². The van der Waals surface area contributed by atoms with Gasteiger partial charge < -0.3 is 33.9 Å². The van der Waals surface area contributed by atoms with Gasteiger partial charge in [-0.15, -0.1) is 0 Å². The van der Waals surface area contributed by atoms with Gasteiger partial charge in [0.15, 0.2) is 11.5 Å². The minimum absolute atomic E-state index is 0.223.